The van der Waals surface area contributed by atoms with Gasteiger partial charge in [0.25, 0.3) is 0 Å². The van der Waals surface area contributed by atoms with Gasteiger partial charge in [-0.05, 0) is 43.9 Å². The summed E-state index contributed by atoms with van der Waals surface area (Å²) in [7, 11) is 0. The van der Waals surface area contributed by atoms with Crippen molar-refractivity contribution in [1.82, 2.24) is 9.55 Å². The van der Waals surface area contributed by atoms with Gasteiger partial charge in [-0.3, -0.25) is 4.79 Å². The standard InChI is InChI=1S/C16H19N3O2/c20-16(21)12-4-6-13(7-5-12)18-14-2-1-3-15(10-14)19-9-8-17-11-19/h1-3,8-13,18H,4-7H2,(H,20,21). The molecule has 1 heterocycles. The molecule has 2 aromatic rings. The monoisotopic (exact) mass is 285 g/mol. The lowest BCUT2D eigenvalue weighted by Gasteiger charge is -2.27. The van der Waals surface area contributed by atoms with Crippen LogP contribution in [-0.4, -0.2) is 26.7 Å². The summed E-state index contributed by atoms with van der Waals surface area (Å²) in [6.07, 6.45) is 8.78. The number of rotatable bonds is 4. The third-order valence-corrected chi connectivity index (χ3v) is 4.10. The lowest BCUT2D eigenvalue weighted by Crippen LogP contribution is -2.29. The fraction of sp³-hybridized carbons (Fsp3) is 0.375. The Labute approximate surface area is 123 Å². The minimum Gasteiger partial charge on any atom is -0.481 e. The Bertz CT molecular complexity index is 602. The van der Waals surface area contributed by atoms with E-state index in [1.54, 1.807) is 12.5 Å². The molecule has 21 heavy (non-hydrogen) atoms. The van der Waals surface area contributed by atoms with Gasteiger partial charge in [-0.15, -0.1) is 0 Å². The molecule has 2 N–H and O–H groups in total. The van der Waals surface area contributed by atoms with E-state index in [-0.39, 0.29) is 5.92 Å². The zero-order valence-corrected chi connectivity index (χ0v) is 11.8. The summed E-state index contributed by atoms with van der Waals surface area (Å²) < 4.78 is 1.96. The first-order valence-corrected chi connectivity index (χ1v) is 7.30. The topological polar surface area (TPSA) is 67.2 Å². The molecule has 1 saturated carbocycles. The minimum atomic E-state index is -0.657. The number of carboxylic acid groups (broad SMARTS) is 1. The van der Waals surface area contributed by atoms with E-state index in [0.29, 0.717) is 6.04 Å². The Morgan fingerprint density at radius 1 is 1.29 bits per heavy atom. The molecule has 5 nitrogen and oxygen atoms in total. The van der Waals surface area contributed by atoms with Gasteiger partial charge in [-0.2, -0.15) is 0 Å². The summed E-state index contributed by atoms with van der Waals surface area (Å²) in [5.41, 5.74) is 2.14. The van der Waals surface area contributed by atoms with E-state index in [0.717, 1.165) is 37.1 Å². The lowest BCUT2D eigenvalue weighted by molar-refractivity contribution is -0.142. The van der Waals surface area contributed by atoms with Crippen LogP contribution >= 0.6 is 0 Å². The minimum absolute atomic E-state index is 0.166. The number of nitrogens with one attached hydrogen (secondary N) is 1. The van der Waals surface area contributed by atoms with Crippen molar-refractivity contribution in [3.8, 4) is 5.69 Å². The molecule has 3 rings (SSSR count). The van der Waals surface area contributed by atoms with Crippen molar-refractivity contribution >= 4 is 11.7 Å². The molecule has 0 atom stereocenters. The molecular formula is C16H19N3O2. The number of aliphatic carboxylic acids is 1. The van der Waals surface area contributed by atoms with Gasteiger partial charge in [-0.1, -0.05) is 6.07 Å². The molecule has 0 amide bonds. The van der Waals surface area contributed by atoms with Crippen molar-refractivity contribution in [3.05, 3.63) is 43.0 Å². The molecule has 1 aromatic carbocycles. The van der Waals surface area contributed by atoms with Gasteiger partial charge in [0.2, 0.25) is 0 Å². The average Bonchev–Trinajstić information content (AvgIpc) is 3.02. The van der Waals surface area contributed by atoms with Crippen LogP contribution in [0.25, 0.3) is 5.69 Å². The number of anilines is 1. The molecule has 110 valence electrons. The van der Waals surface area contributed by atoms with Gasteiger partial charge in [0, 0.05) is 29.8 Å². The second-order valence-corrected chi connectivity index (χ2v) is 5.55. The molecule has 1 aliphatic rings. The highest BCUT2D eigenvalue weighted by atomic mass is 16.4. The van der Waals surface area contributed by atoms with Crippen molar-refractivity contribution in [1.29, 1.82) is 0 Å². The number of benzene rings is 1. The highest BCUT2D eigenvalue weighted by Crippen LogP contribution is 2.27. The molecule has 0 unspecified atom stereocenters. The molecule has 0 bridgehead atoms. The number of hydrogen-bond donors (Lipinski definition) is 2. The maximum atomic E-state index is 11.0. The van der Waals surface area contributed by atoms with Gasteiger partial charge in [0.05, 0.1) is 12.2 Å². The Hall–Kier alpha value is -2.30. The maximum absolute atomic E-state index is 11.0. The highest BCUT2D eigenvalue weighted by molar-refractivity contribution is 5.70. The van der Waals surface area contributed by atoms with E-state index in [1.807, 2.05) is 29.0 Å². The predicted molar refractivity (Wildman–Crippen MR) is 80.6 cm³/mol. The van der Waals surface area contributed by atoms with E-state index >= 15 is 0 Å². The number of carbonyl (C=O) groups is 1. The molecule has 0 aliphatic heterocycles. The third-order valence-electron chi connectivity index (χ3n) is 4.10. The first-order chi connectivity index (χ1) is 10.2. The number of carboxylic acids is 1. The van der Waals surface area contributed by atoms with E-state index in [9.17, 15) is 4.79 Å². The molecule has 0 radical (unpaired) electrons. The summed E-state index contributed by atoms with van der Waals surface area (Å²) in [5, 5.41) is 12.5. The summed E-state index contributed by atoms with van der Waals surface area (Å²) in [5.74, 6) is -0.823. The van der Waals surface area contributed by atoms with E-state index in [4.69, 9.17) is 5.11 Å². The fourth-order valence-corrected chi connectivity index (χ4v) is 2.89. The van der Waals surface area contributed by atoms with Gasteiger partial charge in [-0.25, -0.2) is 4.98 Å². The molecule has 0 spiro atoms. The first-order valence-electron chi connectivity index (χ1n) is 7.30. The van der Waals surface area contributed by atoms with Gasteiger partial charge in [0.1, 0.15) is 0 Å². The van der Waals surface area contributed by atoms with Crippen LogP contribution in [0.15, 0.2) is 43.0 Å². The quantitative estimate of drug-likeness (QED) is 0.906. The first kappa shape index (κ1) is 13.7. The van der Waals surface area contributed by atoms with Gasteiger partial charge >= 0.3 is 5.97 Å². The van der Waals surface area contributed by atoms with E-state index in [1.165, 1.54) is 0 Å². The highest BCUT2D eigenvalue weighted by Gasteiger charge is 2.25. The molecule has 0 saturated heterocycles. The van der Waals surface area contributed by atoms with E-state index in [2.05, 4.69) is 16.4 Å². The van der Waals surface area contributed by atoms with E-state index < -0.39 is 5.97 Å². The Kier molecular flexibility index (Phi) is 3.90. The van der Waals surface area contributed by atoms with Crippen molar-refractivity contribution in [2.24, 2.45) is 5.92 Å². The van der Waals surface area contributed by atoms with Crippen LogP contribution in [0.2, 0.25) is 0 Å². The number of hydrogen-bond acceptors (Lipinski definition) is 3. The second-order valence-electron chi connectivity index (χ2n) is 5.55. The number of imidazole rings is 1. The molecule has 1 fully saturated rings. The summed E-state index contributed by atoms with van der Waals surface area (Å²) in [6, 6.07) is 8.54. The van der Waals surface area contributed by atoms with Crippen LogP contribution in [-0.2, 0) is 4.79 Å². The summed E-state index contributed by atoms with van der Waals surface area (Å²) in [4.78, 5) is 15.0. The predicted octanol–water partition coefficient (Wildman–Crippen LogP) is 2.93. The van der Waals surface area contributed by atoms with Crippen LogP contribution in [0, 0.1) is 5.92 Å². The van der Waals surface area contributed by atoms with Crippen molar-refractivity contribution in [2.75, 3.05) is 5.32 Å². The Morgan fingerprint density at radius 3 is 2.76 bits per heavy atom. The zero-order valence-electron chi connectivity index (χ0n) is 11.8. The Morgan fingerprint density at radius 2 is 2.10 bits per heavy atom. The van der Waals surface area contributed by atoms with Crippen LogP contribution < -0.4 is 5.32 Å². The van der Waals surface area contributed by atoms with Crippen molar-refractivity contribution in [2.45, 2.75) is 31.7 Å². The maximum Gasteiger partial charge on any atom is 0.306 e. The summed E-state index contributed by atoms with van der Waals surface area (Å²) >= 11 is 0. The summed E-state index contributed by atoms with van der Waals surface area (Å²) in [6.45, 7) is 0. The lowest BCUT2D eigenvalue weighted by atomic mass is 9.86. The number of nitrogens with zero attached hydrogens (tertiary/aromatic N) is 2. The van der Waals surface area contributed by atoms with Gasteiger partial charge in [0.15, 0.2) is 0 Å². The number of aromatic nitrogens is 2. The second kappa shape index (κ2) is 5.99. The zero-order chi connectivity index (χ0) is 14.7. The smallest absolute Gasteiger partial charge is 0.306 e. The van der Waals surface area contributed by atoms with Crippen molar-refractivity contribution in [3.63, 3.8) is 0 Å². The molecule has 5 heteroatoms. The third kappa shape index (κ3) is 3.24. The van der Waals surface area contributed by atoms with Crippen LogP contribution in [0.3, 0.4) is 0 Å². The Balaban J connectivity index is 1.64. The van der Waals surface area contributed by atoms with Crippen molar-refractivity contribution < 1.29 is 9.90 Å². The fourth-order valence-electron chi connectivity index (χ4n) is 2.89. The van der Waals surface area contributed by atoms with Crippen LogP contribution in [0.4, 0.5) is 5.69 Å². The van der Waals surface area contributed by atoms with Gasteiger partial charge < -0.3 is 15.0 Å². The molecule has 1 aromatic heterocycles. The molecule has 1 aliphatic carbocycles. The molecular weight excluding hydrogens is 266 g/mol. The normalized spacial score (nSPS) is 21.9. The van der Waals surface area contributed by atoms with Crippen LogP contribution in [0.1, 0.15) is 25.7 Å². The largest absolute Gasteiger partial charge is 0.481 e. The average molecular weight is 285 g/mol. The van der Waals surface area contributed by atoms with Crippen LogP contribution in [0.5, 0.6) is 0 Å². The SMILES string of the molecule is O=C(O)C1CCC(Nc2cccc(-n3ccnc3)c2)CC1.